The molecule has 2 heterocycles. The zero-order chi connectivity index (χ0) is 20.8. The minimum absolute atomic E-state index is 0.115. The average Bonchev–Trinajstić information content (AvgIpc) is 2.70. The van der Waals surface area contributed by atoms with Gasteiger partial charge in [-0.3, -0.25) is 29.5 Å². The van der Waals surface area contributed by atoms with Gasteiger partial charge in [0.2, 0.25) is 11.8 Å². The second-order valence-electron chi connectivity index (χ2n) is 7.81. The lowest BCUT2D eigenvalue weighted by Gasteiger charge is -2.37. The number of carbonyl (C=O) groups excluding carboxylic acids is 2. The molecule has 1 N–H and O–H groups in total. The maximum Gasteiger partial charge on any atom is 0.292 e. The molecule has 9 heteroatoms. The normalized spacial score (nSPS) is 21.0. The Morgan fingerprint density at radius 1 is 1.07 bits per heavy atom. The molecular formula is C20H29N5O4. The van der Waals surface area contributed by atoms with E-state index < -0.39 is 4.92 Å². The number of likely N-dealkylation sites (tertiary alicyclic amines) is 1. The molecule has 0 spiro atoms. The lowest BCUT2D eigenvalue weighted by Crippen LogP contribution is -2.53. The fraction of sp³-hybridized carbons (Fsp3) is 0.600. The van der Waals surface area contributed by atoms with Crippen molar-refractivity contribution in [1.29, 1.82) is 0 Å². The number of hydrogen-bond donors (Lipinski definition) is 1. The van der Waals surface area contributed by atoms with E-state index in [0.29, 0.717) is 25.7 Å². The predicted octanol–water partition coefficient (Wildman–Crippen LogP) is 1.55. The number of rotatable bonds is 6. The van der Waals surface area contributed by atoms with Crippen molar-refractivity contribution >= 4 is 23.2 Å². The number of para-hydroxylation sites is 2. The Morgan fingerprint density at radius 2 is 1.72 bits per heavy atom. The van der Waals surface area contributed by atoms with Gasteiger partial charge in [0.25, 0.3) is 5.69 Å². The zero-order valence-electron chi connectivity index (χ0n) is 16.9. The molecule has 9 nitrogen and oxygen atoms in total. The van der Waals surface area contributed by atoms with E-state index in [0.717, 1.165) is 32.5 Å². The standard InChI is InChI=1S/C20H29N5O4/c1-16-6-4-5-9-24(16)20(27)15-23-12-10-22(11-13-23)14-19(26)21-17-7-2-3-8-18(17)25(28)29/h2-3,7-8,16H,4-6,9-15H2,1H3,(H,21,26). The Balaban J connectivity index is 1.43. The molecule has 158 valence electrons. The van der Waals surface area contributed by atoms with Crippen LogP contribution in [0, 0.1) is 10.1 Å². The summed E-state index contributed by atoms with van der Waals surface area (Å²) in [6.45, 7) is 6.41. The van der Waals surface area contributed by atoms with Crippen LogP contribution in [0.1, 0.15) is 26.2 Å². The number of piperazine rings is 1. The summed E-state index contributed by atoms with van der Waals surface area (Å²) < 4.78 is 0. The summed E-state index contributed by atoms with van der Waals surface area (Å²) in [7, 11) is 0. The van der Waals surface area contributed by atoms with Gasteiger partial charge in [-0.25, -0.2) is 0 Å². The van der Waals surface area contributed by atoms with Crippen molar-refractivity contribution in [3.05, 3.63) is 34.4 Å². The van der Waals surface area contributed by atoms with Crippen LogP contribution in [0.5, 0.6) is 0 Å². The molecule has 0 aliphatic carbocycles. The van der Waals surface area contributed by atoms with Crippen LogP contribution in [-0.2, 0) is 9.59 Å². The van der Waals surface area contributed by atoms with Gasteiger partial charge >= 0.3 is 0 Å². The van der Waals surface area contributed by atoms with E-state index in [9.17, 15) is 19.7 Å². The Morgan fingerprint density at radius 3 is 2.38 bits per heavy atom. The van der Waals surface area contributed by atoms with Gasteiger partial charge in [0, 0.05) is 44.8 Å². The van der Waals surface area contributed by atoms with Crippen LogP contribution in [0.2, 0.25) is 0 Å². The number of nitrogens with zero attached hydrogens (tertiary/aromatic N) is 4. The van der Waals surface area contributed by atoms with Gasteiger partial charge < -0.3 is 10.2 Å². The van der Waals surface area contributed by atoms with Gasteiger partial charge in [-0.2, -0.15) is 0 Å². The second kappa shape index (κ2) is 9.80. The molecule has 1 unspecified atom stereocenters. The maximum absolute atomic E-state index is 12.6. The molecule has 0 saturated carbocycles. The topological polar surface area (TPSA) is 99.0 Å². The molecule has 1 aromatic rings. The third-order valence-corrected chi connectivity index (χ3v) is 5.69. The van der Waals surface area contributed by atoms with Crippen LogP contribution in [-0.4, -0.2) is 83.3 Å². The molecule has 29 heavy (non-hydrogen) atoms. The van der Waals surface area contributed by atoms with Gasteiger partial charge in [0.1, 0.15) is 5.69 Å². The quantitative estimate of drug-likeness (QED) is 0.572. The van der Waals surface area contributed by atoms with Gasteiger partial charge in [-0.05, 0) is 32.3 Å². The number of piperidine rings is 1. The fourth-order valence-corrected chi connectivity index (χ4v) is 3.99. The minimum atomic E-state index is -0.505. The molecule has 1 aromatic carbocycles. The molecule has 0 radical (unpaired) electrons. The van der Waals surface area contributed by atoms with E-state index in [1.165, 1.54) is 18.6 Å². The van der Waals surface area contributed by atoms with Gasteiger partial charge in [-0.1, -0.05) is 12.1 Å². The fourth-order valence-electron chi connectivity index (χ4n) is 3.99. The van der Waals surface area contributed by atoms with Gasteiger partial charge in [0.15, 0.2) is 0 Å². The Bertz CT molecular complexity index is 748. The zero-order valence-corrected chi connectivity index (χ0v) is 16.9. The van der Waals surface area contributed by atoms with E-state index in [-0.39, 0.29) is 29.7 Å². The lowest BCUT2D eigenvalue weighted by molar-refractivity contribution is -0.383. The molecule has 3 rings (SSSR count). The highest BCUT2D eigenvalue weighted by atomic mass is 16.6. The Hall–Kier alpha value is -2.52. The molecular weight excluding hydrogens is 374 g/mol. The summed E-state index contributed by atoms with van der Waals surface area (Å²) >= 11 is 0. The molecule has 1 atom stereocenters. The minimum Gasteiger partial charge on any atom is -0.339 e. The number of nitrogens with one attached hydrogen (secondary N) is 1. The van der Waals surface area contributed by atoms with Gasteiger partial charge in [0.05, 0.1) is 18.0 Å². The summed E-state index contributed by atoms with van der Waals surface area (Å²) in [6, 6.07) is 6.44. The molecule has 0 bridgehead atoms. The first-order valence-electron chi connectivity index (χ1n) is 10.2. The average molecular weight is 403 g/mol. The Labute approximate surface area is 170 Å². The molecule has 0 aromatic heterocycles. The van der Waals surface area contributed by atoms with Crippen LogP contribution in [0.4, 0.5) is 11.4 Å². The number of benzene rings is 1. The summed E-state index contributed by atoms with van der Waals surface area (Å²) in [4.78, 5) is 41.6. The predicted molar refractivity (Wildman–Crippen MR) is 110 cm³/mol. The number of carbonyl (C=O) groups is 2. The summed E-state index contributed by atoms with van der Waals surface area (Å²) in [5.74, 6) is -0.0780. The molecule has 2 fully saturated rings. The number of anilines is 1. The summed E-state index contributed by atoms with van der Waals surface area (Å²) in [6.07, 6.45) is 3.35. The first kappa shape index (κ1) is 21.2. The van der Waals surface area contributed by atoms with E-state index in [1.54, 1.807) is 12.1 Å². The van der Waals surface area contributed by atoms with Gasteiger partial charge in [-0.15, -0.1) is 0 Å². The summed E-state index contributed by atoms with van der Waals surface area (Å²) in [5, 5.41) is 13.7. The molecule has 2 aliphatic heterocycles. The van der Waals surface area contributed by atoms with Crippen LogP contribution in [0.25, 0.3) is 0 Å². The number of hydrogen-bond acceptors (Lipinski definition) is 6. The summed E-state index contributed by atoms with van der Waals surface area (Å²) in [5.41, 5.74) is 0.0958. The smallest absolute Gasteiger partial charge is 0.292 e. The first-order chi connectivity index (χ1) is 13.9. The number of nitro groups is 1. The highest BCUT2D eigenvalue weighted by molar-refractivity contribution is 5.94. The van der Waals surface area contributed by atoms with Crippen molar-refractivity contribution in [3.63, 3.8) is 0 Å². The SMILES string of the molecule is CC1CCCCN1C(=O)CN1CCN(CC(=O)Nc2ccccc2[N+](=O)[O-])CC1. The van der Waals surface area contributed by atoms with Crippen LogP contribution >= 0.6 is 0 Å². The molecule has 2 amide bonds. The van der Waals surface area contributed by atoms with Crippen molar-refractivity contribution in [2.24, 2.45) is 0 Å². The highest BCUT2D eigenvalue weighted by Gasteiger charge is 2.27. The molecule has 2 aliphatic rings. The lowest BCUT2D eigenvalue weighted by atomic mass is 10.0. The second-order valence-corrected chi connectivity index (χ2v) is 7.81. The van der Waals surface area contributed by atoms with E-state index >= 15 is 0 Å². The van der Waals surface area contributed by atoms with Crippen molar-refractivity contribution in [2.45, 2.75) is 32.2 Å². The van der Waals surface area contributed by atoms with Crippen molar-refractivity contribution in [3.8, 4) is 0 Å². The van der Waals surface area contributed by atoms with E-state index in [4.69, 9.17) is 0 Å². The Kier molecular flexibility index (Phi) is 7.16. The number of nitro benzene ring substituents is 1. The third kappa shape index (κ3) is 5.74. The molecule has 2 saturated heterocycles. The largest absolute Gasteiger partial charge is 0.339 e. The maximum atomic E-state index is 12.6. The monoisotopic (exact) mass is 403 g/mol. The van der Waals surface area contributed by atoms with Crippen LogP contribution in [0.3, 0.4) is 0 Å². The van der Waals surface area contributed by atoms with Crippen LogP contribution < -0.4 is 5.32 Å². The van der Waals surface area contributed by atoms with Crippen LogP contribution in [0.15, 0.2) is 24.3 Å². The van der Waals surface area contributed by atoms with Crippen molar-refractivity contribution in [2.75, 3.05) is 51.1 Å². The van der Waals surface area contributed by atoms with Crippen molar-refractivity contribution in [1.82, 2.24) is 14.7 Å². The first-order valence-corrected chi connectivity index (χ1v) is 10.2. The van der Waals surface area contributed by atoms with E-state index in [2.05, 4.69) is 17.1 Å². The number of amides is 2. The van der Waals surface area contributed by atoms with Crippen molar-refractivity contribution < 1.29 is 14.5 Å². The highest BCUT2D eigenvalue weighted by Crippen LogP contribution is 2.23. The van der Waals surface area contributed by atoms with E-state index in [1.807, 2.05) is 9.80 Å². The third-order valence-electron chi connectivity index (χ3n) is 5.69.